The quantitative estimate of drug-likeness (QED) is 0.494. The number of fused-ring (bicyclic) bond motifs is 2. The molecule has 27 heavy (non-hydrogen) atoms. The minimum atomic E-state index is -0.380. The second-order valence-corrected chi connectivity index (χ2v) is 7.32. The Morgan fingerprint density at radius 2 is 2.11 bits per heavy atom. The van der Waals surface area contributed by atoms with Crippen LogP contribution in [-0.4, -0.2) is 34.4 Å². The molecule has 7 nitrogen and oxygen atoms in total. The van der Waals surface area contributed by atoms with Crippen LogP contribution >= 0.6 is 11.8 Å². The molecule has 0 fully saturated rings. The average molecular weight is 385 g/mol. The Kier molecular flexibility index (Phi) is 4.65. The molecule has 2 aliphatic heterocycles. The van der Waals surface area contributed by atoms with E-state index in [4.69, 9.17) is 9.47 Å². The Bertz CT molecular complexity index is 986. The molecule has 0 saturated heterocycles. The van der Waals surface area contributed by atoms with Crippen molar-refractivity contribution in [3.05, 3.63) is 52.3 Å². The number of nitrogens with one attached hydrogen (secondary N) is 1. The van der Waals surface area contributed by atoms with Crippen molar-refractivity contribution in [3.8, 4) is 11.5 Å². The van der Waals surface area contributed by atoms with Gasteiger partial charge in [0.1, 0.15) is 19.0 Å². The second kappa shape index (κ2) is 7.11. The van der Waals surface area contributed by atoms with Crippen molar-refractivity contribution in [2.24, 2.45) is 7.05 Å². The molecule has 140 valence electrons. The molecule has 2 aromatic rings. The number of ether oxygens (including phenoxy) is 2. The first-order valence-electron chi connectivity index (χ1n) is 8.62. The summed E-state index contributed by atoms with van der Waals surface area (Å²) in [6.07, 6.45) is 1.93. The average Bonchev–Trinajstić information content (AvgIpc) is 2.68. The zero-order valence-corrected chi connectivity index (χ0v) is 15.7. The predicted molar refractivity (Wildman–Crippen MR) is 103 cm³/mol. The van der Waals surface area contributed by atoms with E-state index in [1.807, 2.05) is 18.2 Å². The number of benzene rings is 1. The van der Waals surface area contributed by atoms with Gasteiger partial charge in [-0.1, -0.05) is 23.9 Å². The Morgan fingerprint density at radius 3 is 2.89 bits per heavy atom. The van der Waals surface area contributed by atoms with Gasteiger partial charge in [0.15, 0.2) is 16.7 Å². The molecule has 1 aromatic carbocycles. The van der Waals surface area contributed by atoms with Crippen molar-refractivity contribution in [2.45, 2.75) is 17.5 Å². The number of aromatic nitrogens is 2. The van der Waals surface area contributed by atoms with E-state index in [-0.39, 0.29) is 23.8 Å². The van der Waals surface area contributed by atoms with Crippen molar-refractivity contribution in [3.63, 3.8) is 0 Å². The molecule has 0 saturated carbocycles. The highest BCUT2D eigenvalue weighted by atomic mass is 32.2. The molecule has 4 rings (SSSR count). The molecule has 1 aromatic heterocycles. The van der Waals surface area contributed by atoms with Crippen LogP contribution in [0.2, 0.25) is 0 Å². The number of anilines is 1. The second-order valence-electron chi connectivity index (χ2n) is 6.33. The first-order valence-corrected chi connectivity index (χ1v) is 9.61. The number of thioether (sulfide) groups is 1. The highest BCUT2D eigenvalue weighted by molar-refractivity contribution is 7.99. The Balaban J connectivity index is 1.81. The van der Waals surface area contributed by atoms with E-state index in [0.717, 1.165) is 5.56 Å². The van der Waals surface area contributed by atoms with E-state index in [1.165, 1.54) is 11.8 Å². The number of carbonyl (C=O) groups excluding carboxylic acids is 1. The minimum absolute atomic E-state index is 0.136. The number of amides is 1. The third kappa shape index (κ3) is 3.21. The summed E-state index contributed by atoms with van der Waals surface area (Å²) in [7, 11) is 1.79. The summed E-state index contributed by atoms with van der Waals surface area (Å²) < 4.78 is 13.0. The molecule has 0 spiro atoms. The van der Waals surface area contributed by atoms with E-state index in [2.05, 4.69) is 16.9 Å². The van der Waals surface area contributed by atoms with Crippen LogP contribution in [-0.2, 0) is 11.8 Å². The van der Waals surface area contributed by atoms with Gasteiger partial charge in [0.25, 0.3) is 5.56 Å². The van der Waals surface area contributed by atoms with Gasteiger partial charge >= 0.3 is 0 Å². The van der Waals surface area contributed by atoms with Crippen LogP contribution < -0.4 is 20.3 Å². The van der Waals surface area contributed by atoms with Gasteiger partial charge in [-0.3, -0.25) is 9.59 Å². The zero-order valence-electron chi connectivity index (χ0n) is 14.9. The maximum Gasteiger partial charge on any atom is 0.279 e. The van der Waals surface area contributed by atoms with Crippen molar-refractivity contribution in [2.75, 3.05) is 24.3 Å². The summed E-state index contributed by atoms with van der Waals surface area (Å²) >= 11 is 1.40. The van der Waals surface area contributed by atoms with Gasteiger partial charge in [0.2, 0.25) is 5.91 Å². The molecule has 1 unspecified atom stereocenters. The molecular weight excluding hydrogens is 366 g/mol. The van der Waals surface area contributed by atoms with Crippen molar-refractivity contribution >= 4 is 23.5 Å². The van der Waals surface area contributed by atoms with Crippen LogP contribution in [0, 0.1) is 0 Å². The SMILES string of the molecule is C=CCSc1nc(=O)c2c(n1C)NC(=O)CC2c1ccc2c(c1)OCCO2. The normalized spacial score (nSPS) is 17.8. The van der Waals surface area contributed by atoms with Crippen molar-refractivity contribution < 1.29 is 14.3 Å². The summed E-state index contributed by atoms with van der Waals surface area (Å²) in [6, 6.07) is 5.55. The molecule has 2 aliphatic rings. The fourth-order valence-corrected chi connectivity index (χ4v) is 4.06. The van der Waals surface area contributed by atoms with Gasteiger partial charge in [-0.15, -0.1) is 6.58 Å². The highest BCUT2D eigenvalue weighted by Gasteiger charge is 2.32. The number of rotatable bonds is 4. The number of nitrogens with zero attached hydrogens (tertiary/aromatic N) is 2. The van der Waals surface area contributed by atoms with Gasteiger partial charge in [-0.05, 0) is 17.7 Å². The fraction of sp³-hybridized carbons (Fsp3) is 0.316. The summed E-state index contributed by atoms with van der Waals surface area (Å²) in [4.78, 5) is 29.4. The standard InChI is InChI=1S/C19H19N3O4S/c1-3-8-27-19-21-18(24)16-12(10-15(23)20-17(16)22(19)2)11-4-5-13-14(9-11)26-7-6-25-13/h3-5,9,12H,1,6-8,10H2,2H3,(H,20,23). The summed E-state index contributed by atoms with van der Waals surface area (Å²) in [5.74, 6) is 1.91. The molecule has 1 atom stereocenters. The topological polar surface area (TPSA) is 82.5 Å². The van der Waals surface area contributed by atoms with Crippen molar-refractivity contribution in [1.29, 1.82) is 0 Å². The monoisotopic (exact) mass is 385 g/mol. The molecule has 0 bridgehead atoms. The molecule has 1 amide bonds. The Hall–Kier alpha value is -2.74. The van der Waals surface area contributed by atoms with Gasteiger partial charge in [0, 0.05) is 25.1 Å². The third-order valence-corrected chi connectivity index (χ3v) is 5.63. The van der Waals surface area contributed by atoms with E-state index < -0.39 is 0 Å². The first-order chi connectivity index (χ1) is 13.1. The van der Waals surface area contributed by atoms with Crippen LogP contribution in [0.25, 0.3) is 0 Å². The van der Waals surface area contributed by atoms with E-state index >= 15 is 0 Å². The van der Waals surface area contributed by atoms with Crippen molar-refractivity contribution in [1.82, 2.24) is 9.55 Å². The summed E-state index contributed by atoms with van der Waals surface area (Å²) in [6.45, 7) is 4.67. The minimum Gasteiger partial charge on any atom is -0.486 e. The van der Waals surface area contributed by atoms with Gasteiger partial charge < -0.3 is 19.4 Å². The van der Waals surface area contributed by atoms with E-state index in [0.29, 0.717) is 47.0 Å². The van der Waals surface area contributed by atoms with Gasteiger partial charge in [-0.25, -0.2) is 0 Å². The van der Waals surface area contributed by atoms with Crippen LogP contribution in [0.15, 0.2) is 40.8 Å². The zero-order chi connectivity index (χ0) is 19.0. The fourth-order valence-electron chi connectivity index (χ4n) is 3.36. The summed E-state index contributed by atoms with van der Waals surface area (Å²) in [5, 5.41) is 3.38. The number of carbonyl (C=O) groups is 1. The van der Waals surface area contributed by atoms with Gasteiger partial charge in [0.05, 0.1) is 5.56 Å². The largest absolute Gasteiger partial charge is 0.486 e. The predicted octanol–water partition coefficient (Wildman–Crippen LogP) is 2.30. The molecule has 3 heterocycles. The van der Waals surface area contributed by atoms with Crippen LogP contribution in [0.3, 0.4) is 0 Å². The van der Waals surface area contributed by atoms with E-state index in [1.54, 1.807) is 17.7 Å². The molecule has 0 radical (unpaired) electrons. The Morgan fingerprint density at radius 1 is 1.33 bits per heavy atom. The van der Waals surface area contributed by atoms with Crippen LogP contribution in [0.4, 0.5) is 5.82 Å². The lowest BCUT2D eigenvalue weighted by Gasteiger charge is -2.28. The molecule has 8 heteroatoms. The van der Waals surface area contributed by atoms with Gasteiger partial charge in [-0.2, -0.15) is 4.98 Å². The Labute approximate surface area is 160 Å². The van der Waals surface area contributed by atoms with Crippen LogP contribution in [0.5, 0.6) is 11.5 Å². The lowest BCUT2D eigenvalue weighted by Crippen LogP contribution is -2.33. The smallest absolute Gasteiger partial charge is 0.279 e. The lowest BCUT2D eigenvalue weighted by atomic mass is 9.86. The third-order valence-electron chi connectivity index (χ3n) is 4.60. The number of hydrogen-bond acceptors (Lipinski definition) is 6. The van der Waals surface area contributed by atoms with Crippen LogP contribution in [0.1, 0.15) is 23.5 Å². The van der Waals surface area contributed by atoms with E-state index in [9.17, 15) is 9.59 Å². The lowest BCUT2D eigenvalue weighted by molar-refractivity contribution is -0.116. The maximum absolute atomic E-state index is 12.8. The highest BCUT2D eigenvalue weighted by Crippen LogP contribution is 2.39. The maximum atomic E-state index is 12.8. The molecule has 1 N–H and O–H groups in total. The molecule has 0 aliphatic carbocycles. The first kappa shape index (κ1) is 17.7. The molecular formula is C19H19N3O4S. The summed E-state index contributed by atoms with van der Waals surface area (Å²) in [5.41, 5.74) is 1.01. The number of hydrogen-bond donors (Lipinski definition) is 1.